The summed E-state index contributed by atoms with van der Waals surface area (Å²) in [5, 5.41) is 12.5. The predicted molar refractivity (Wildman–Crippen MR) is 83.6 cm³/mol. The van der Waals surface area contributed by atoms with E-state index in [0.717, 1.165) is 5.69 Å². The molecule has 0 N–H and O–H groups in total. The topological polar surface area (TPSA) is 95.1 Å². The summed E-state index contributed by atoms with van der Waals surface area (Å²) in [7, 11) is -3.59. The highest BCUT2D eigenvalue weighted by atomic mass is 32.2. The number of rotatable bonds is 3. The number of aryl methyl sites for hydroxylation is 2. The van der Waals surface area contributed by atoms with Gasteiger partial charge in [-0.3, -0.25) is 4.68 Å². The molecule has 1 saturated heterocycles. The van der Waals surface area contributed by atoms with E-state index in [-0.39, 0.29) is 17.2 Å². The predicted octanol–water partition coefficient (Wildman–Crippen LogP) is 0.337. The van der Waals surface area contributed by atoms with Crippen LogP contribution in [0.5, 0.6) is 0 Å². The molecule has 130 valence electrons. The first-order valence-corrected chi connectivity index (χ1v) is 9.50. The second-order valence-corrected chi connectivity index (χ2v) is 8.06. The molecule has 0 saturated carbocycles. The quantitative estimate of drug-likeness (QED) is 0.790. The molecule has 0 spiro atoms. The lowest BCUT2D eigenvalue weighted by Gasteiger charge is -2.40. The van der Waals surface area contributed by atoms with Gasteiger partial charge in [0.05, 0.1) is 36.3 Å². The van der Waals surface area contributed by atoms with Crippen LogP contribution < -0.4 is 0 Å². The van der Waals surface area contributed by atoms with Gasteiger partial charge < -0.3 is 4.74 Å². The fraction of sp³-hybridized carbons (Fsp3) is 0.643. The lowest BCUT2D eigenvalue weighted by Crippen LogP contribution is -2.50. The Kier molecular flexibility index (Phi) is 3.70. The maximum atomic E-state index is 13.0. The largest absolute Gasteiger partial charge is 0.368 e. The van der Waals surface area contributed by atoms with Gasteiger partial charge in [0.25, 0.3) is 10.0 Å². The number of nitrogens with zero attached hydrogens (tertiary/aromatic N) is 6. The molecular weight excluding hydrogens is 332 g/mol. The Morgan fingerprint density at radius 3 is 3.04 bits per heavy atom. The van der Waals surface area contributed by atoms with E-state index < -0.39 is 10.0 Å². The Morgan fingerprint density at radius 2 is 2.25 bits per heavy atom. The molecule has 0 radical (unpaired) electrons. The third kappa shape index (κ3) is 2.36. The normalized spacial score (nSPS) is 24.6. The van der Waals surface area contributed by atoms with Crippen LogP contribution in [0.3, 0.4) is 0 Å². The lowest BCUT2D eigenvalue weighted by atomic mass is 10.0. The second-order valence-electron chi connectivity index (χ2n) is 6.18. The van der Waals surface area contributed by atoms with Crippen LogP contribution in [-0.4, -0.2) is 56.7 Å². The average Bonchev–Trinajstić information content (AvgIpc) is 3.20. The smallest absolute Gasteiger partial charge is 0.260 e. The standard InChI is InChI=1S/C14H20N6O3S/c1-3-19-14(6-10(2)16-19)24(21,22)18-5-4-12-13(8-18)23-9-11-7-15-17-20(11)12/h6-7,12-13H,3-5,8-9H2,1-2H3/t12-,13-/m0/s1. The van der Waals surface area contributed by atoms with Crippen molar-refractivity contribution in [1.82, 2.24) is 29.1 Å². The summed E-state index contributed by atoms with van der Waals surface area (Å²) in [5.41, 5.74) is 1.64. The summed E-state index contributed by atoms with van der Waals surface area (Å²) in [5.74, 6) is 0. The monoisotopic (exact) mass is 352 g/mol. The van der Waals surface area contributed by atoms with Gasteiger partial charge >= 0.3 is 0 Å². The minimum Gasteiger partial charge on any atom is -0.368 e. The van der Waals surface area contributed by atoms with Crippen LogP contribution in [0.25, 0.3) is 0 Å². The zero-order chi connectivity index (χ0) is 16.9. The summed E-state index contributed by atoms with van der Waals surface area (Å²) in [6, 6.07) is 1.67. The molecule has 2 aliphatic heterocycles. The minimum atomic E-state index is -3.59. The third-order valence-electron chi connectivity index (χ3n) is 4.66. The van der Waals surface area contributed by atoms with Crippen LogP contribution in [-0.2, 0) is 27.9 Å². The van der Waals surface area contributed by atoms with E-state index >= 15 is 0 Å². The molecule has 0 aromatic carbocycles. The first-order chi connectivity index (χ1) is 11.5. The number of hydrogen-bond donors (Lipinski definition) is 0. The number of hydrogen-bond acceptors (Lipinski definition) is 6. The van der Waals surface area contributed by atoms with Gasteiger partial charge in [0.2, 0.25) is 0 Å². The number of ether oxygens (including phenoxy) is 1. The van der Waals surface area contributed by atoms with Gasteiger partial charge in [0, 0.05) is 19.6 Å². The molecule has 2 aromatic heterocycles. The van der Waals surface area contributed by atoms with Crippen LogP contribution in [0.15, 0.2) is 17.3 Å². The van der Waals surface area contributed by atoms with Crippen molar-refractivity contribution in [3.63, 3.8) is 0 Å². The van der Waals surface area contributed by atoms with Crippen LogP contribution in [0, 0.1) is 6.92 Å². The van der Waals surface area contributed by atoms with E-state index in [1.165, 1.54) is 8.99 Å². The van der Waals surface area contributed by atoms with Crippen LogP contribution in [0.1, 0.15) is 30.8 Å². The number of piperidine rings is 1. The van der Waals surface area contributed by atoms with E-state index in [4.69, 9.17) is 4.74 Å². The molecular formula is C14H20N6O3S. The molecule has 4 rings (SSSR count). The molecule has 4 heterocycles. The highest BCUT2D eigenvalue weighted by molar-refractivity contribution is 7.89. The van der Waals surface area contributed by atoms with Crippen molar-refractivity contribution in [2.75, 3.05) is 13.1 Å². The molecule has 2 aromatic rings. The Hall–Kier alpha value is -1.78. The van der Waals surface area contributed by atoms with E-state index in [1.807, 2.05) is 11.6 Å². The van der Waals surface area contributed by atoms with Gasteiger partial charge in [-0.25, -0.2) is 13.1 Å². The molecule has 24 heavy (non-hydrogen) atoms. The minimum absolute atomic E-state index is 0.0421. The van der Waals surface area contributed by atoms with Crippen molar-refractivity contribution >= 4 is 10.0 Å². The Morgan fingerprint density at radius 1 is 1.42 bits per heavy atom. The van der Waals surface area contributed by atoms with E-state index in [2.05, 4.69) is 15.4 Å². The van der Waals surface area contributed by atoms with Crippen molar-refractivity contribution in [1.29, 1.82) is 0 Å². The molecule has 2 aliphatic rings. The third-order valence-corrected chi connectivity index (χ3v) is 6.53. The lowest BCUT2D eigenvalue weighted by molar-refractivity contribution is -0.0544. The van der Waals surface area contributed by atoms with Crippen LogP contribution in [0.4, 0.5) is 0 Å². The number of aromatic nitrogens is 5. The van der Waals surface area contributed by atoms with Gasteiger partial charge in [0.15, 0.2) is 5.03 Å². The summed E-state index contributed by atoms with van der Waals surface area (Å²) in [6.07, 6.45) is 2.14. The number of sulfonamides is 1. The Labute approximate surface area is 140 Å². The Bertz CT molecular complexity index is 858. The fourth-order valence-corrected chi connectivity index (χ4v) is 5.17. The fourth-order valence-electron chi connectivity index (χ4n) is 3.47. The zero-order valence-electron chi connectivity index (χ0n) is 13.7. The summed E-state index contributed by atoms with van der Waals surface area (Å²) < 4.78 is 36.8. The first kappa shape index (κ1) is 15.7. The summed E-state index contributed by atoms with van der Waals surface area (Å²) in [6.45, 7) is 5.36. The van der Waals surface area contributed by atoms with Crippen molar-refractivity contribution in [2.24, 2.45) is 0 Å². The van der Waals surface area contributed by atoms with E-state index in [9.17, 15) is 8.42 Å². The first-order valence-electron chi connectivity index (χ1n) is 8.06. The highest BCUT2D eigenvalue weighted by Crippen LogP contribution is 2.32. The average molecular weight is 352 g/mol. The van der Waals surface area contributed by atoms with Crippen LogP contribution >= 0.6 is 0 Å². The van der Waals surface area contributed by atoms with Crippen molar-refractivity contribution in [2.45, 2.75) is 50.6 Å². The molecule has 9 nitrogen and oxygen atoms in total. The number of fused-ring (bicyclic) bond motifs is 3. The van der Waals surface area contributed by atoms with Gasteiger partial charge in [-0.15, -0.1) is 5.10 Å². The van der Waals surface area contributed by atoms with Gasteiger partial charge in [-0.05, 0) is 26.3 Å². The SMILES string of the molecule is CCn1nc(C)cc1S(=O)(=O)N1CC[C@H]2[C@H](C1)OCc1cnnn12. The maximum absolute atomic E-state index is 13.0. The maximum Gasteiger partial charge on any atom is 0.260 e. The van der Waals surface area contributed by atoms with Gasteiger partial charge in [0.1, 0.15) is 0 Å². The van der Waals surface area contributed by atoms with Crippen molar-refractivity contribution in [3.8, 4) is 0 Å². The molecule has 0 bridgehead atoms. The van der Waals surface area contributed by atoms with Crippen molar-refractivity contribution in [3.05, 3.63) is 23.7 Å². The van der Waals surface area contributed by atoms with Gasteiger partial charge in [-0.1, -0.05) is 5.21 Å². The highest BCUT2D eigenvalue weighted by Gasteiger charge is 2.41. The van der Waals surface area contributed by atoms with Crippen LogP contribution in [0.2, 0.25) is 0 Å². The second kappa shape index (κ2) is 5.64. The van der Waals surface area contributed by atoms with Gasteiger partial charge in [-0.2, -0.15) is 9.40 Å². The molecule has 0 unspecified atom stereocenters. The summed E-state index contributed by atoms with van der Waals surface area (Å²) >= 11 is 0. The Balaban J connectivity index is 1.61. The molecule has 1 fully saturated rings. The molecule has 2 atom stereocenters. The van der Waals surface area contributed by atoms with E-state index in [1.54, 1.807) is 19.2 Å². The molecule has 10 heteroatoms. The molecule has 0 amide bonds. The zero-order valence-corrected chi connectivity index (χ0v) is 14.5. The molecule has 0 aliphatic carbocycles. The van der Waals surface area contributed by atoms with E-state index in [0.29, 0.717) is 38.4 Å². The van der Waals surface area contributed by atoms with Crippen molar-refractivity contribution < 1.29 is 13.2 Å². The summed E-state index contributed by atoms with van der Waals surface area (Å²) in [4.78, 5) is 0.